The molecule has 1 saturated heterocycles. The molecule has 150 valence electrons. The molecule has 0 radical (unpaired) electrons. The summed E-state index contributed by atoms with van der Waals surface area (Å²) in [6.07, 6.45) is -6.89. The fourth-order valence-corrected chi connectivity index (χ4v) is 2.84. The second kappa shape index (κ2) is 7.73. The standard InChI is InChI=1S/C16H16F6N2O3/c1-9-2-3-12(10-4-11(6-23-5-10)16(20,21)22)24(7-9)13(25)14(26)27-8-15(17,18)19/h4-6,9,12H,2-3,7-8H2,1H3/t9-,12+/m0/s1. The Morgan fingerprint density at radius 2 is 1.85 bits per heavy atom. The minimum absolute atomic E-state index is 0.000856. The van der Waals surface area contributed by atoms with Crippen LogP contribution in [0.5, 0.6) is 0 Å². The van der Waals surface area contributed by atoms with Crippen LogP contribution in [-0.4, -0.2) is 41.1 Å². The van der Waals surface area contributed by atoms with Gasteiger partial charge in [-0.05, 0) is 30.4 Å². The van der Waals surface area contributed by atoms with Crippen LogP contribution in [0.15, 0.2) is 18.5 Å². The van der Waals surface area contributed by atoms with Gasteiger partial charge in [-0.25, -0.2) is 4.79 Å². The van der Waals surface area contributed by atoms with Crippen LogP contribution in [0.1, 0.15) is 36.9 Å². The topological polar surface area (TPSA) is 59.5 Å². The van der Waals surface area contributed by atoms with Crippen LogP contribution in [0.25, 0.3) is 0 Å². The Hall–Kier alpha value is -2.33. The third kappa shape index (κ3) is 5.57. The van der Waals surface area contributed by atoms with Crippen molar-refractivity contribution in [2.24, 2.45) is 5.92 Å². The Labute approximate surface area is 150 Å². The average Bonchev–Trinajstić information content (AvgIpc) is 2.57. The van der Waals surface area contributed by atoms with E-state index in [0.29, 0.717) is 12.6 Å². The van der Waals surface area contributed by atoms with Crippen LogP contribution in [0.4, 0.5) is 26.3 Å². The van der Waals surface area contributed by atoms with E-state index in [0.717, 1.165) is 17.2 Å². The molecule has 1 aromatic heterocycles. The normalized spacial score (nSPS) is 21.1. The number of carbonyl (C=O) groups is 2. The van der Waals surface area contributed by atoms with Crippen LogP contribution in [-0.2, 0) is 20.5 Å². The summed E-state index contributed by atoms with van der Waals surface area (Å²) in [6, 6.07) is -0.100. The highest BCUT2D eigenvalue weighted by atomic mass is 19.4. The molecule has 0 spiro atoms. The van der Waals surface area contributed by atoms with Crippen molar-refractivity contribution in [1.82, 2.24) is 9.88 Å². The van der Waals surface area contributed by atoms with Crippen molar-refractivity contribution in [3.63, 3.8) is 0 Å². The number of alkyl halides is 6. The van der Waals surface area contributed by atoms with Crippen LogP contribution >= 0.6 is 0 Å². The first kappa shape index (κ1) is 21.0. The lowest BCUT2D eigenvalue weighted by molar-refractivity contribution is -0.190. The van der Waals surface area contributed by atoms with Crippen molar-refractivity contribution in [2.45, 2.75) is 38.2 Å². The van der Waals surface area contributed by atoms with E-state index in [2.05, 4.69) is 9.72 Å². The number of nitrogens with zero attached hydrogens (tertiary/aromatic N) is 2. The largest absolute Gasteiger partial charge is 0.449 e. The van der Waals surface area contributed by atoms with Crippen LogP contribution < -0.4 is 0 Å². The predicted octanol–water partition coefficient (Wildman–Crippen LogP) is 3.51. The van der Waals surface area contributed by atoms with Gasteiger partial charge < -0.3 is 9.64 Å². The predicted molar refractivity (Wildman–Crippen MR) is 79.1 cm³/mol. The van der Waals surface area contributed by atoms with Crippen molar-refractivity contribution in [3.05, 3.63) is 29.6 Å². The maximum absolute atomic E-state index is 12.9. The molecule has 1 aliphatic heterocycles. The number of likely N-dealkylation sites (tertiary alicyclic amines) is 1. The molecule has 2 atom stereocenters. The Kier molecular flexibility index (Phi) is 6.01. The number of carbonyl (C=O) groups excluding carboxylic acids is 2. The molecule has 0 saturated carbocycles. The first-order chi connectivity index (χ1) is 12.4. The Morgan fingerprint density at radius 1 is 1.19 bits per heavy atom. The zero-order valence-corrected chi connectivity index (χ0v) is 14.1. The van der Waals surface area contributed by atoms with E-state index < -0.39 is 42.4 Å². The minimum atomic E-state index is -4.80. The second-order valence-electron chi connectivity index (χ2n) is 6.35. The second-order valence-corrected chi connectivity index (χ2v) is 6.35. The van der Waals surface area contributed by atoms with Gasteiger partial charge in [0.1, 0.15) is 0 Å². The first-order valence-electron chi connectivity index (χ1n) is 7.95. The third-order valence-corrected chi connectivity index (χ3v) is 4.09. The Morgan fingerprint density at radius 3 is 2.44 bits per heavy atom. The number of rotatable bonds is 2. The zero-order chi connectivity index (χ0) is 20.4. The summed E-state index contributed by atoms with van der Waals surface area (Å²) in [7, 11) is 0. The van der Waals surface area contributed by atoms with Gasteiger partial charge in [0, 0.05) is 18.9 Å². The summed E-state index contributed by atoms with van der Waals surface area (Å²) in [5, 5.41) is 0. The lowest BCUT2D eigenvalue weighted by Gasteiger charge is -2.38. The highest BCUT2D eigenvalue weighted by molar-refractivity contribution is 6.32. The van der Waals surface area contributed by atoms with E-state index in [1.807, 2.05) is 0 Å². The summed E-state index contributed by atoms with van der Waals surface area (Å²) in [5.41, 5.74) is -0.973. The van der Waals surface area contributed by atoms with E-state index in [-0.39, 0.29) is 24.4 Å². The Bertz CT molecular complexity index is 704. The fraction of sp³-hybridized carbons (Fsp3) is 0.562. The maximum atomic E-state index is 12.9. The molecule has 1 amide bonds. The maximum Gasteiger partial charge on any atom is 0.422 e. The quantitative estimate of drug-likeness (QED) is 0.435. The van der Waals surface area contributed by atoms with Gasteiger partial charge in [-0.15, -0.1) is 0 Å². The van der Waals surface area contributed by atoms with Gasteiger partial charge >= 0.3 is 24.2 Å². The number of pyridine rings is 1. The van der Waals surface area contributed by atoms with Gasteiger partial charge in [0.2, 0.25) is 0 Å². The van der Waals surface area contributed by atoms with Gasteiger partial charge in [-0.3, -0.25) is 9.78 Å². The van der Waals surface area contributed by atoms with E-state index >= 15 is 0 Å². The molecule has 1 aliphatic rings. The van der Waals surface area contributed by atoms with Gasteiger partial charge in [0.25, 0.3) is 0 Å². The number of piperidine rings is 1. The average molecular weight is 398 g/mol. The fourth-order valence-electron chi connectivity index (χ4n) is 2.84. The van der Waals surface area contributed by atoms with Gasteiger partial charge in [0.15, 0.2) is 6.61 Å². The SMILES string of the molecule is C[C@H]1CC[C@H](c2cncc(C(F)(F)F)c2)N(C(=O)C(=O)OCC(F)(F)F)C1. The summed E-state index contributed by atoms with van der Waals surface area (Å²) in [5.74, 6) is -3.11. The molecule has 0 N–H and O–H groups in total. The van der Waals surface area contributed by atoms with Crippen molar-refractivity contribution in [2.75, 3.05) is 13.2 Å². The lowest BCUT2D eigenvalue weighted by Crippen LogP contribution is -2.45. The van der Waals surface area contributed by atoms with Gasteiger partial charge in [-0.1, -0.05) is 6.92 Å². The molecule has 1 aromatic rings. The molecule has 27 heavy (non-hydrogen) atoms. The number of amides is 1. The van der Waals surface area contributed by atoms with Gasteiger partial charge in [-0.2, -0.15) is 26.3 Å². The molecule has 2 rings (SSSR count). The smallest absolute Gasteiger partial charge is 0.422 e. The van der Waals surface area contributed by atoms with Crippen molar-refractivity contribution in [3.8, 4) is 0 Å². The number of hydrogen-bond acceptors (Lipinski definition) is 4. The van der Waals surface area contributed by atoms with Crippen LogP contribution in [0.2, 0.25) is 0 Å². The monoisotopic (exact) mass is 398 g/mol. The summed E-state index contributed by atoms with van der Waals surface area (Å²) >= 11 is 0. The molecule has 1 fully saturated rings. The van der Waals surface area contributed by atoms with E-state index in [4.69, 9.17) is 0 Å². The number of hydrogen-bond donors (Lipinski definition) is 0. The molecule has 0 aliphatic carbocycles. The third-order valence-electron chi connectivity index (χ3n) is 4.09. The van der Waals surface area contributed by atoms with Crippen LogP contribution in [0.3, 0.4) is 0 Å². The molecular weight excluding hydrogens is 382 g/mol. The highest BCUT2D eigenvalue weighted by Gasteiger charge is 2.38. The van der Waals surface area contributed by atoms with E-state index in [9.17, 15) is 35.9 Å². The molecule has 0 bridgehead atoms. The summed E-state index contributed by atoms with van der Waals surface area (Å²) < 4.78 is 79.1. The molecule has 0 unspecified atom stereocenters. The molecule has 11 heteroatoms. The number of aromatic nitrogens is 1. The summed E-state index contributed by atoms with van der Waals surface area (Å²) in [4.78, 5) is 28.4. The van der Waals surface area contributed by atoms with Crippen molar-refractivity contribution < 1.29 is 40.7 Å². The number of halogens is 6. The van der Waals surface area contributed by atoms with Crippen molar-refractivity contribution >= 4 is 11.9 Å². The number of ether oxygens (including phenoxy) is 1. The van der Waals surface area contributed by atoms with Crippen LogP contribution in [0, 0.1) is 5.92 Å². The molecule has 0 aromatic carbocycles. The Balaban J connectivity index is 2.24. The van der Waals surface area contributed by atoms with Gasteiger partial charge in [0.05, 0.1) is 11.6 Å². The highest BCUT2D eigenvalue weighted by Crippen LogP contribution is 2.36. The minimum Gasteiger partial charge on any atom is -0.449 e. The molecule has 5 nitrogen and oxygen atoms in total. The summed E-state index contributed by atoms with van der Waals surface area (Å²) in [6.45, 7) is -0.167. The van der Waals surface area contributed by atoms with Crippen molar-refractivity contribution in [1.29, 1.82) is 0 Å². The first-order valence-corrected chi connectivity index (χ1v) is 7.95. The number of esters is 1. The van der Waals surface area contributed by atoms with E-state index in [1.54, 1.807) is 6.92 Å². The lowest BCUT2D eigenvalue weighted by atomic mass is 9.90. The molecular formula is C16H16F6N2O3. The molecule has 2 heterocycles. The van der Waals surface area contributed by atoms with E-state index in [1.165, 1.54) is 0 Å². The zero-order valence-electron chi connectivity index (χ0n) is 14.1.